The van der Waals surface area contributed by atoms with Gasteiger partial charge < -0.3 is 20.1 Å². The van der Waals surface area contributed by atoms with E-state index in [2.05, 4.69) is 27.8 Å². The SMILES string of the molecule is CN=C(NCCOc1ccccc1)NCC1(c2cccc(Cl)c2)CCOCC1.I. The molecule has 3 rings (SSSR count). The average Bonchev–Trinajstić information content (AvgIpc) is 2.74. The first-order valence-electron chi connectivity index (χ1n) is 9.68. The molecule has 2 aromatic rings. The van der Waals surface area contributed by atoms with Crippen molar-refractivity contribution in [1.82, 2.24) is 10.6 Å². The first kappa shape index (κ1) is 23.8. The number of benzene rings is 2. The Morgan fingerprint density at radius 2 is 1.86 bits per heavy atom. The van der Waals surface area contributed by atoms with Crippen LogP contribution in [0.25, 0.3) is 0 Å². The predicted molar refractivity (Wildman–Crippen MR) is 130 cm³/mol. The van der Waals surface area contributed by atoms with Crippen molar-refractivity contribution in [2.75, 3.05) is 40.0 Å². The lowest BCUT2D eigenvalue weighted by atomic mass is 9.74. The molecule has 0 saturated carbocycles. The van der Waals surface area contributed by atoms with Gasteiger partial charge in [0.15, 0.2) is 5.96 Å². The van der Waals surface area contributed by atoms with E-state index < -0.39 is 0 Å². The second kappa shape index (κ2) is 12.2. The third kappa shape index (κ3) is 7.04. The number of hydrogen-bond donors (Lipinski definition) is 2. The summed E-state index contributed by atoms with van der Waals surface area (Å²) in [7, 11) is 1.78. The Bertz CT molecular complexity index is 768. The molecule has 7 heteroatoms. The van der Waals surface area contributed by atoms with Crippen molar-refractivity contribution in [3.63, 3.8) is 0 Å². The van der Waals surface area contributed by atoms with Crippen molar-refractivity contribution in [1.29, 1.82) is 0 Å². The van der Waals surface area contributed by atoms with E-state index in [4.69, 9.17) is 21.1 Å². The Labute approximate surface area is 195 Å². The number of nitrogens with one attached hydrogen (secondary N) is 2. The van der Waals surface area contributed by atoms with Gasteiger partial charge in [-0.2, -0.15) is 0 Å². The Hall–Kier alpha value is -1.51. The summed E-state index contributed by atoms with van der Waals surface area (Å²) in [4.78, 5) is 4.34. The molecule has 158 valence electrons. The molecular formula is C22H29ClIN3O2. The van der Waals surface area contributed by atoms with Crippen LogP contribution in [-0.4, -0.2) is 45.9 Å². The largest absolute Gasteiger partial charge is 0.492 e. The second-order valence-electron chi connectivity index (χ2n) is 6.92. The number of halogens is 2. The molecular weight excluding hydrogens is 501 g/mol. The molecule has 0 aromatic heterocycles. The average molecular weight is 530 g/mol. The number of hydrogen-bond acceptors (Lipinski definition) is 3. The Morgan fingerprint density at radius 1 is 1.10 bits per heavy atom. The van der Waals surface area contributed by atoms with Crippen LogP contribution in [0.4, 0.5) is 0 Å². The van der Waals surface area contributed by atoms with Gasteiger partial charge in [0, 0.05) is 37.2 Å². The molecule has 29 heavy (non-hydrogen) atoms. The van der Waals surface area contributed by atoms with Crippen LogP contribution in [0.1, 0.15) is 18.4 Å². The zero-order valence-electron chi connectivity index (χ0n) is 16.7. The van der Waals surface area contributed by atoms with Crippen LogP contribution >= 0.6 is 35.6 Å². The van der Waals surface area contributed by atoms with Crippen LogP contribution in [0, 0.1) is 0 Å². The van der Waals surface area contributed by atoms with Gasteiger partial charge in [0.05, 0.1) is 6.54 Å². The van der Waals surface area contributed by atoms with Gasteiger partial charge in [-0.15, -0.1) is 24.0 Å². The molecule has 0 atom stereocenters. The molecule has 0 unspecified atom stereocenters. The summed E-state index contributed by atoms with van der Waals surface area (Å²) >= 11 is 6.25. The van der Waals surface area contributed by atoms with E-state index in [0.29, 0.717) is 13.2 Å². The summed E-state index contributed by atoms with van der Waals surface area (Å²) in [5, 5.41) is 7.56. The van der Waals surface area contributed by atoms with E-state index in [1.54, 1.807) is 7.05 Å². The first-order valence-corrected chi connectivity index (χ1v) is 10.1. The molecule has 1 fully saturated rings. The van der Waals surface area contributed by atoms with Crippen molar-refractivity contribution in [2.24, 2.45) is 4.99 Å². The molecule has 1 saturated heterocycles. The maximum absolute atomic E-state index is 6.25. The second-order valence-corrected chi connectivity index (χ2v) is 7.35. The quantitative estimate of drug-likeness (QED) is 0.244. The number of ether oxygens (including phenoxy) is 2. The van der Waals surface area contributed by atoms with Crippen molar-refractivity contribution in [3.05, 3.63) is 65.2 Å². The van der Waals surface area contributed by atoms with Crippen LogP contribution in [0.3, 0.4) is 0 Å². The highest BCUT2D eigenvalue weighted by atomic mass is 127. The molecule has 0 aliphatic carbocycles. The maximum atomic E-state index is 6.25. The zero-order chi connectivity index (χ0) is 19.7. The lowest BCUT2D eigenvalue weighted by Gasteiger charge is -2.38. The number of aliphatic imine (C=N–C) groups is 1. The summed E-state index contributed by atoms with van der Waals surface area (Å²) in [5.41, 5.74) is 1.24. The van der Waals surface area contributed by atoms with Gasteiger partial charge in [-0.25, -0.2) is 0 Å². The smallest absolute Gasteiger partial charge is 0.191 e. The van der Waals surface area contributed by atoms with Crippen LogP contribution < -0.4 is 15.4 Å². The van der Waals surface area contributed by atoms with Gasteiger partial charge in [0.2, 0.25) is 0 Å². The maximum Gasteiger partial charge on any atom is 0.191 e. The highest BCUT2D eigenvalue weighted by molar-refractivity contribution is 14.0. The van der Waals surface area contributed by atoms with Crippen molar-refractivity contribution in [3.8, 4) is 5.75 Å². The van der Waals surface area contributed by atoms with E-state index >= 15 is 0 Å². The molecule has 0 bridgehead atoms. The minimum atomic E-state index is -0.0126. The van der Waals surface area contributed by atoms with Crippen molar-refractivity contribution in [2.45, 2.75) is 18.3 Å². The lowest BCUT2D eigenvalue weighted by molar-refractivity contribution is 0.0514. The van der Waals surface area contributed by atoms with Gasteiger partial charge >= 0.3 is 0 Å². The van der Waals surface area contributed by atoms with E-state index in [-0.39, 0.29) is 29.4 Å². The van der Waals surface area contributed by atoms with Gasteiger partial charge in [0.25, 0.3) is 0 Å². The summed E-state index contributed by atoms with van der Waals surface area (Å²) in [5.74, 6) is 1.64. The standard InChI is InChI=1S/C22H28ClN3O2.HI/c1-24-21(25-12-15-28-20-8-3-2-4-9-20)26-17-22(10-13-27-14-11-22)18-6-5-7-19(23)16-18;/h2-9,16H,10-15,17H2,1H3,(H2,24,25,26);1H. The summed E-state index contributed by atoms with van der Waals surface area (Å²) in [6.45, 7) is 3.52. The molecule has 1 heterocycles. The topological polar surface area (TPSA) is 54.9 Å². The van der Waals surface area contributed by atoms with Crippen LogP contribution in [-0.2, 0) is 10.2 Å². The fourth-order valence-electron chi connectivity index (χ4n) is 3.48. The predicted octanol–water partition coefficient (Wildman–Crippen LogP) is 4.25. The number of nitrogens with zero attached hydrogens (tertiary/aromatic N) is 1. The van der Waals surface area contributed by atoms with Crippen LogP contribution in [0.2, 0.25) is 5.02 Å². The molecule has 1 aliphatic heterocycles. The highest BCUT2D eigenvalue weighted by Gasteiger charge is 2.34. The van der Waals surface area contributed by atoms with Crippen LogP contribution in [0.5, 0.6) is 5.75 Å². The van der Waals surface area contributed by atoms with Crippen molar-refractivity contribution < 1.29 is 9.47 Å². The minimum Gasteiger partial charge on any atom is -0.492 e. The summed E-state index contributed by atoms with van der Waals surface area (Å²) in [6.07, 6.45) is 1.91. The fourth-order valence-corrected chi connectivity index (χ4v) is 3.67. The summed E-state index contributed by atoms with van der Waals surface area (Å²) in [6, 6.07) is 18.0. The lowest BCUT2D eigenvalue weighted by Crippen LogP contribution is -2.48. The van der Waals surface area contributed by atoms with E-state index in [9.17, 15) is 0 Å². The Kier molecular flexibility index (Phi) is 10.0. The van der Waals surface area contributed by atoms with Gasteiger partial charge in [0.1, 0.15) is 12.4 Å². The third-order valence-electron chi connectivity index (χ3n) is 5.11. The Morgan fingerprint density at radius 3 is 2.55 bits per heavy atom. The molecule has 0 amide bonds. The fraction of sp³-hybridized carbons (Fsp3) is 0.409. The number of para-hydroxylation sites is 1. The third-order valence-corrected chi connectivity index (χ3v) is 5.35. The Balaban J connectivity index is 0.00000300. The minimum absolute atomic E-state index is 0. The monoisotopic (exact) mass is 529 g/mol. The van der Waals surface area contributed by atoms with Gasteiger partial charge in [-0.3, -0.25) is 4.99 Å². The normalized spacial score (nSPS) is 15.9. The summed E-state index contributed by atoms with van der Waals surface area (Å²) < 4.78 is 11.3. The van der Waals surface area contributed by atoms with Crippen molar-refractivity contribution >= 4 is 41.5 Å². The van der Waals surface area contributed by atoms with E-state index in [0.717, 1.165) is 49.3 Å². The molecule has 2 N–H and O–H groups in total. The van der Waals surface area contributed by atoms with Gasteiger partial charge in [-0.05, 0) is 42.7 Å². The highest BCUT2D eigenvalue weighted by Crippen LogP contribution is 2.35. The number of guanidine groups is 1. The zero-order valence-corrected chi connectivity index (χ0v) is 19.8. The van der Waals surface area contributed by atoms with Gasteiger partial charge in [-0.1, -0.05) is 41.9 Å². The molecule has 2 aromatic carbocycles. The molecule has 5 nitrogen and oxygen atoms in total. The van der Waals surface area contributed by atoms with Crippen LogP contribution in [0.15, 0.2) is 59.6 Å². The molecule has 0 spiro atoms. The van der Waals surface area contributed by atoms with E-state index in [1.807, 2.05) is 42.5 Å². The number of rotatable bonds is 7. The van der Waals surface area contributed by atoms with E-state index in [1.165, 1.54) is 5.56 Å². The first-order chi connectivity index (χ1) is 13.7. The molecule has 0 radical (unpaired) electrons. The molecule has 1 aliphatic rings.